The average Bonchev–Trinajstić information content (AvgIpc) is 2.59. The molecule has 2 aromatic rings. The highest BCUT2D eigenvalue weighted by Crippen LogP contribution is 2.24. The molecule has 116 valence electrons. The fourth-order valence-electron chi connectivity index (χ4n) is 2.39. The minimum Gasteiger partial charge on any atom is -0.423 e. The van der Waals surface area contributed by atoms with Crippen LogP contribution in [0.1, 0.15) is 19.4 Å². The van der Waals surface area contributed by atoms with E-state index in [-0.39, 0.29) is 0 Å². The van der Waals surface area contributed by atoms with Crippen molar-refractivity contribution in [2.75, 3.05) is 0 Å². The Morgan fingerprint density at radius 1 is 0.913 bits per heavy atom. The first kappa shape index (κ1) is 17.0. The lowest BCUT2D eigenvalue weighted by Gasteiger charge is -2.11. The first-order chi connectivity index (χ1) is 11.2. The molecular weight excluding hydrogens is 283 g/mol. The second kappa shape index (κ2) is 8.32. The Balaban J connectivity index is 2.61. The van der Waals surface area contributed by atoms with E-state index in [9.17, 15) is 10.0 Å². The molecular formula is C20H21BO2. The largest absolute Gasteiger partial charge is 0.488 e. The molecule has 23 heavy (non-hydrogen) atoms. The maximum absolute atomic E-state index is 9.61. The molecule has 0 amide bonds. The van der Waals surface area contributed by atoms with Crippen LogP contribution in [0.4, 0.5) is 0 Å². The lowest BCUT2D eigenvalue weighted by atomic mass is 9.77. The minimum absolute atomic E-state index is 0.484. The summed E-state index contributed by atoms with van der Waals surface area (Å²) in [6.45, 7) is 3.93. The van der Waals surface area contributed by atoms with Crippen molar-refractivity contribution in [3.8, 4) is 11.1 Å². The molecule has 0 bridgehead atoms. The van der Waals surface area contributed by atoms with Crippen LogP contribution >= 0.6 is 0 Å². The molecule has 3 heteroatoms. The molecule has 0 saturated carbocycles. The average molecular weight is 304 g/mol. The van der Waals surface area contributed by atoms with Gasteiger partial charge < -0.3 is 10.0 Å². The minimum atomic E-state index is -1.49. The van der Waals surface area contributed by atoms with E-state index in [2.05, 4.69) is 6.07 Å². The molecule has 2 rings (SSSR count). The molecule has 0 saturated heterocycles. The van der Waals surface area contributed by atoms with Crippen LogP contribution in [0.3, 0.4) is 0 Å². The summed E-state index contributed by atoms with van der Waals surface area (Å²) in [7, 11) is -1.49. The Hall–Kier alpha value is -2.36. The van der Waals surface area contributed by atoms with E-state index < -0.39 is 7.12 Å². The van der Waals surface area contributed by atoms with Gasteiger partial charge in [-0.3, -0.25) is 0 Å². The van der Waals surface area contributed by atoms with Gasteiger partial charge in [0.25, 0.3) is 0 Å². The van der Waals surface area contributed by atoms with Crippen LogP contribution in [0.25, 0.3) is 16.7 Å². The van der Waals surface area contributed by atoms with Gasteiger partial charge in [-0.2, -0.15) is 0 Å². The topological polar surface area (TPSA) is 40.5 Å². The third kappa shape index (κ3) is 4.55. The number of rotatable bonds is 5. The van der Waals surface area contributed by atoms with E-state index in [0.717, 1.165) is 22.3 Å². The van der Waals surface area contributed by atoms with E-state index >= 15 is 0 Å². The van der Waals surface area contributed by atoms with Crippen molar-refractivity contribution in [2.45, 2.75) is 13.8 Å². The summed E-state index contributed by atoms with van der Waals surface area (Å²) in [5.41, 5.74) is 4.46. The van der Waals surface area contributed by atoms with Gasteiger partial charge >= 0.3 is 7.12 Å². The van der Waals surface area contributed by atoms with Crippen molar-refractivity contribution < 1.29 is 10.0 Å². The van der Waals surface area contributed by atoms with Gasteiger partial charge in [0.05, 0.1) is 0 Å². The molecule has 0 atom stereocenters. The lowest BCUT2D eigenvalue weighted by molar-refractivity contribution is 0.426. The van der Waals surface area contributed by atoms with E-state index in [0.29, 0.717) is 5.46 Å². The van der Waals surface area contributed by atoms with Gasteiger partial charge in [-0.05, 0) is 47.6 Å². The van der Waals surface area contributed by atoms with Crippen LogP contribution in [0.2, 0.25) is 0 Å². The van der Waals surface area contributed by atoms with Crippen molar-refractivity contribution >= 4 is 18.2 Å². The summed E-state index contributed by atoms with van der Waals surface area (Å²) in [5.74, 6) is 0. The summed E-state index contributed by atoms with van der Waals surface area (Å²) in [6.07, 6.45) is 9.93. The maximum Gasteiger partial charge on any atom is 0.488 e. The number of allylic oxidation sites excluding steroid dienone is 6. The second-order valence-corrected chi connectivity index (χ2v) is 5.23. The van der Waals surface area contributed by atoms with Gasteiger partial charge in [0, 0.05) is 0 Å². The highest BCUT2D eigenvalue weighted by Gasteiger charge is 2.14. The van der Waals surface area contributed by atoms with Crippen molar-refractivity contribution in [1.82, 2.24) is 0 Å². The fraction of sp³-hybridized carbons (Fsp3) is 0.100. The van der Waals surface area contributed by atoms with Crippen LogP contribution in [-0.2, 0) is 0 Å². The molecule has 0 aliphatic carbocycles. The summed E-state index contributed by atoms with van der Waals surface area (Å²) in [6, 6.07) is 15.6. The van der Waals surface area contributed by atoms with E-state index in [1.54, 1.807) is 0 Å². The quantitative estimate of drug-likeness (QED) is 0.655. The van der Waals surface area contributed by atoms with Crippen LogP contribution < -0.4 is 5.46 Å². The summed E-state index contributed by atoms with van der Waals surface area (Å²) >= 11 is 0. The second-order valence-electron chi connectivity index (χ2n) is 5.23. The van der Waals surface area contributed by atoms with Gasteiger partial charge in [0.1, 0.15) is 0 Å². The Morgan fingerprint density at radius 3 is 2.26 bits per heavy atom. The molecule has 0 radical (unpaired) electrons. The van der Waals surface area contributed by atoms with Crippen LogP contribution in [0.5, 0.6) is 0 Å². The molecule has 2 N–H and O–H groups in total. The van der Waals surface area contributed by atoms with Crippen LogP contribution in [0, 0.1) is 0 Å². The fourth-order valence-corrected chi connectivity index (χ4v) is 2.39. The van der Waals surface area contributed by atoms with Gasteiger partial charge in [-0.1, -0.05) is 72.8 Å². The lowest BCUT2D eigenvalue weighted by Crippen LogP contribution is -2.30. The smallest absolute Gasteiger partial charge is 0.423 e. The standard InChI is InChI=1S/C20H21BO2/c1-3-5-10-16(9-4-2)18-13-19(15-20(14-18)21(22)23)17-11-7-6-8-12-17/h3-15,22-23H,1-2H3/b5-3-,9-4-,16-10+. The third-order valence-corrected chi connectivity index (χ3v) is 3.51. The zero-order valence-corrected chi connectivity index (χ0v) is 13.5. The zero-order valence-electron chi connectivity index (χ0n) is 13.5. The van der Waals surface area contributed by atoms with Gasteiger partial charge in [-0.15, -0.1) is 0 Å². The maximum atomic E-state index is 9.61. The normalized spacial score (nSPS) is 12.3. The first-order valence-corrected chi connectivity index (χ1v) is 7.68. The van der Waals surface area contributed by atoms with Crippen LogP contribution in [-0.4, -0.2) is 17.2 Å². The molecule has 0 spiro atoms. The first-order valence-electron chi connectivity index (χ1n) is 7.68. The van der Waals surface area contributed by atoms with Crippen LogP contribution in [0.15, 0.2) is 78.9 Å². The third-order valence-electron chi connectivity index (χ3n) is 3.51. The Labute approximate surface area is 138 Å². The van der Waals surface area contributed by atoms with Gasteiger partial charge in [0.2, 0.25) is 0 Å². The molecule has 0 fully saturated rings. The number of hydrogen-bond donors (Lipinski definition) is 2. The highest BCUT2D eigenvalue weighted by molar-refractivity contribution is 6.58. The highest BCUT2D eigenvalue weighted by atomic mass is 16.4. The van der Waals surface area contributed by atoms with Gasteiger partial charge in [-0.25, -0.2) is 0 Å². The van der Waals surface area contributed by atoms with Crippen molar-refractivity contribution in [3.05, 3.63) is 84.5 Å². The Kier molecular flexibility index (Phi) is 6.15. The van der Waals surface area contributed by atoms with E-state index in [1.165, 1.54) is 0 Å². The SMILES string of the molecule is C\C=C/C=C(\C=C/C)c1cc(B(O)O)cc(-c2ccccc2)c1. The molecule has 2 nitrogen and oxygen atoms in total. The molecule has 0 aliphatic rings. The number of benzene rings is 2. The molecule has 0 aliphatic heterocycles. The Morgan fingerprint density at radius 2 is 1.65 bits per heavy atom. The number of hydrogen-bond acceptors (Lipinski definition) is 2. The Bertz CT molecular complexity index is 729. The van der Waals surface area contributed by atoms with Crippen molar-refractivity contribution in [1.29, 1.82) is 0 Å². The molecule has 0 heterocycles. The van der Waals surface area contributed by atoms with Crippen molar-refractivity contribution in [2.24, 2.45) is 0 Å². The predicted octanol–water partition coefficient (Wildman–Crippen LogP) is 3.57. The molecule has 2 aromatic carbocycles. The zero-order chi connectivity index (χ0) is 16.7. The van der Waals surface area contributed by atoms with Crippen molar-refractivity contribution in [3.63, 3.8) is 0 Å². The van der Waals surface area contributed by atoms with E-state index in [1.807, 2.05) is 86.7 Å². The monoisotopic (exact) mass is 304 g/mol. The molecule has 0 aromatic heterocycles. The predicted molar refractivity (Wildman–Crippen MR) is 99.3 cm³/mol. The summed E-state index contributed by atoms with van der Waals surface area (Å²) in [5, 5.41) is 19.2. The van der Waals surface area contributed by atoms with E-state index in [4.69, 9.17) is 0 Å². The summed E-state index contributed by atoms with van der Waals surface area (Å²) < 4.78 is 0. The summed E-state index contributed by atoms with van der Waals surface area (Å²) in [4.78, 5) is 0. The van der Waals surface area contributed by atoms with Gasteiger partial charge in [0.15, 0.2) is 0 Å². The molecule has 0 unspecified atom stereocenters.